The van der Waals surface area contributed by atoms with E-state index in [2.05, 4.69) is 49.2 Å². The molecule has 0 aliphatic heterocycles. The average Bonchev–Trinajstić information content (AvgIpc) is 2.50. The van der Waals surface area contributed by atoms with E-state index in [4.69, 9.17) is 5.73 Å². The summed E-state index contributed by atoms with van der Waals surface area (Å²) in [5, 5.41) is 0. The molecule has 1 aromatic rings. The first kappa shape index (κ1) is 16.5. The molecular weight excluding hydrogens is 256 g/mol. The van der Waals surface area contributed by atoms with Crippen molar-refractivity contribution in [3.8, 4) is 0 Å². The van der Waals surface area contributed by atoms with Gasteiger partial charge >= 0.3 is 0 Å². The van der Waals surface area contributed by atoms with Crippen molar-refractivity contribution in [2.24, 2.45) is 17.6 Å². The molecule has 2 rings (SSSR count). The van der Waals surface area contributed by atoms with Gasteiger partial charge in [-0.25, -0.2) is 0 Å². The molecule has 3 atom stereocenters. The van der Waals surface area contributed by atoms with E-state index in [1.54, 1.807) is 0 Å². The monoisotopic (exact) mass is 288 g/mol. The number of hydrogen-bond acceptors (Lipinski definition) is 2. The molecule has 0 spiro atoms. The zero-order valence-electron chi connectivity index (χ0n) is 13.8. The zero-order valence-corrected chi connectivity index (χ0v) is 13.8. The zero-order chi connectivity index (χ0) is 15.1. The predicted molar refractivity (Wildman–Crippen MR) is 91.4 cm³/mol. The first-order chi connectivity index (χ1) is 10.2. The first-order valence-electron chi connectivity index (χ1n) is 8.67. The summed E-state index contributed by atoms with van der Waals surface area (Å²) in [5.41, 5.74) is 7.80. The van der Waals surface area contributed by atoms with E-state index in [1.165, 1.54) is 37.7 Å². The fourth-order valence-corrected chi connectivity index (χ4v) is 3.72. The smallest absolute Gasteiger partial charge is 0.00795 e. The van der Waals surface area contributed by atoms with E-state index < -0.39 is 0 Å². The molecule has 1 saturated carbocycles. The van der Waals surface area contributed by atoms with Crippen LogP contribution in [0.15, 0.2) is 30.3 Å². The number of nitrogens with two attached hydrogens (primary N) is 1. The van der Waals surface area contributed by atoms with Gasteiger partial charge in [-0.2, -0.15) is 0 Å². The Labute approximate surface area is 130 Å². The highest BCUT2D eigenvalue weighted by Gasteiger charge is 2.28. The number of likely N-dealkylation sites (N-methyl/N-ethyl adjacent to an activating group) is 1. The lowest BCUT2D eigenvalue weighted by Crippen LogP contribution is -2.42. The lowest BCUT2D eigenvalue weighted by atomic mass is 9.76. The Hall–Kier alpha value is -0.860. The fourth-order valence-electron chi connectivity index (χ4n) is 3.72. The Balaban J connectivity index is 1.76. The van der Waals surface area contributed by atoms with Crippen molar-refractivity contribution < 1.29 is 0 Å². The molecule has 2 heteroatoms. The molecule has 0 radical (unpaired) electrons. The topological polar surface area (TPSA) is 29.3 Å². The SMILES string of the molecule is CCCC1CCC(N)C(CN(C)CCc2ccccc2)C1. The molecule has 0 aromatic heterocycles. The van der Waals surface area contributed by atoms with Gasteiger partial charge in [0.15, 0.2) is 0 Å². The fraction of sp³-hybridized carbons (Fsp3) is 0.684. The van der Waals surface area contributed by atoms with Crippen molar-refractivity contribution in [2.75, 3.05) is 20.1 Å². The van der Waals surface area contributed by atoms with Crippen molar-refractivity contribution in [3.05, 3.63) is 35.9 Å². The standard InChI is InChI=1S/C19H32N2/c1-3-7-17-10-11-19(20)18(14-17)15-21(2)13-12-16-8-5-4-6-9-16/h4-6,8-9,17-19H,3,7,10-15,20H2,1-2H3. The van der Waals surface area contributed by atoms with Crippen LogP contribution in [0.1, 0.15) is 44.6 Å². The third-order valence-electron chi connectivity index (χ3n) is 5.02. The van der Waals surface area contributed by atoms with Crippen molar-refractivity contribution in [1.82, 2.24) is 4.90 Å². The second-order valence-electron chi connectivity index (χ2n) is 6.89. The molecule has 0 saturated heterocycles. The van der Waals surface area contributed by atoms with Crippen LogP contribution in [0.4, 0.5) is 0 Å². The van der Waals surface area contributed by atoms with Gasteiger partial charge in [-0.15, -0.1) is 0 Å². The van der Waals surface area contributed by atoms with Gasteiger partial charge in [0.05, 0.1) is 0 Å². The maximum atomic E-state index is 6.37. The van der Waals surface area contributed by atoms with E-state index in [1.807, 2.05) is 0 Å². The summed E-state index contributed by atoms with van der Waals surface area (Å²) >= 11 is 0. The van der Waals surface area contributed by atoms with Crippen LogP contribution in [0.2, 0.25) is 0 Å². The molecule has 0 amide bonds. The average molecular weight is 288 g/mol. The van der Waals surface area contributed by atoms with Gasteiger partial charge in [-0.05, 0) is 50.1 Å². The van der Waals surface area contributed by atoms with Gasteiger partial charge in [-0.1, -0.05) is 50.1 Å². The van der Waals surface area contributed by atoms with Gasteiger partial charge in [-0.3, -0.25) is 0 Å². The van der Waals surface area contributed by atoms with Crippen molar-refractivity contribution in [1.29, 1.82) is 0 Å². The van der Waals surface area contributed by atoms with Crippen LogP contribution in [0.25, 0.3) is 0 Å². The van der Waals surface area contributed by atoms with E-state index in [-0.39, 0.29) is 0 Å². The number of nitrogens with zero attached hydrogens (tertiary/aromatic N) is 1. The second kappa shape index (κ2) is 8.55. The summed E-state index contributed by atoms with van der Waals surface area (Å²) in [6.07, 6.45) is 7.75. The van der Waals surface area contributed by atoms with Gasteiger partial charge in [0.25, 0.3) is 0 Å². The second-order valence-corrected chi connectivity index (χ2v) is 6.89. The highest BCUT2D eigenvalue weighted by Crippen LogP contribution is 2.31. The molecule has 1 fully saturated rings. The predicted octanol–water partition coefficient (Wildman–Crippen LogP) is 3.70. The van der Waals surface area contributed by atoms with Crippen LogP contribution in [0.3, 0.4) is 0 Å². The summed E-state index contributed by atoms with van der Waals surface area (Å²) in [7, 11) is 2.25. The molecule has 118 valence electrons. The van der Waals surface area contributed by atoms with Crippen LogP contribution in [-0.2, 0) is 6.42 Å². The van der Waals surface area contributed by atoms with E-state index in [9.17, 15) is 0 Å². The maximum absolute atomic E-state index is 6.37. The molecule has 3 unspecified atom stereocenters. The van der Waals surface area contributed by atoms with Gasteiger partial charge in [0.2, 0.25) is 0 Å². The molecule has 2 nitrogen and oxygen atoms in total. The van der Waals surface area contributed by atoms with Crippen LogP contribution in [0, 0.1) is 11.8 Å². The van der Waals surface area contributed by atoms with Crippen LogP contribution < -0.4 is 5.73 Å². The van der Waals surface area contributed by atoms with Crippen LogP contribution >= 0.6 is 0 Å². The maximum Gasteiger partial charge on any atom is 0.00795 e. The molecule has 0 bridgehead atoms. The molecule has 1 aliphatic rings. The quantitative estimate of drug-likeness (QED) is 0.829. The summed E-state index contributed by atoms with van der Waals surface area (Å²) < 4.78 is 0. The van der Waals surface area contributed by atoms with Gasteiger partial charge in [0, 0.05) is 19.1 Å². The number of benzene rings is 1. The highest BCUT2D eigenvalue weighted by molar-refractivity contribution is 5.14. The lowest BCUT2D eigenvalue weighted by molar-refractivity contribution is 0.169. The first-order valence-corrected chi connectivity index (χ1v) is 8.67. The molecule has 1 aliphatic carbocycles. The summed E-state index contributed by atoms with van der Waals surface area (Å²) in [4.78, 5) is 2.48. The van der Waals surface area contributed by atoms with Crippen molar-refractivity contribution in [3.63, 3.8) is 0 Å². The molecule has 2 N–H and O–H groups in total. The van der Waals surface area contributed by atoms with Gasteiger partial charge in [0.1, 0.15) is 0 Å². The minimum absolute atomic E-state index is 0.414. The Bertz CT molecular complexity index is 390. The highest BCUT2D eigenvalue weighted by atomic mass is 15.1. The Morgan fingerprint density at radius 3 is 2.67 bits per heavy atom. The Morgan fingerprint density at radius 1 is 1.19 bits per heavy atom. The number of rotatable bonds is 7. The van der Waals surface area contributed by atoms with E-state index >= 15 is 0 Å². The molecule has 21 heavy (non-hydrogen) atoms. The third-order valence-corrected chi connectivity index (χ3v) is 5.02. The van der Waals surface area contributed by atoms with Crippen LogP contribution in [0.5, 0.6) is 0 Å². The largest absolute Gasteiger partial charge is 0.327 e. The lowest BCUT2D eigenvalue weighted by Gasteiger charge is -2.36. The summed E-state index contributed by atoms with van der Waals surface area (Å²) in [5.74, 6) is 1.61. The molecule has 0 heterocycles. The molecule has 1 aromatic carbocycles. The summed E-state index contributed by atoms with van der Waals surface area (Å²) in [6, 6.07) is 11.2. The van der Waals surface area contributed by atoms with Crippen LogP contribution in [-0.4, -0.2) is 31.1 Å². The number of hydrogen-bond donors (Lipinski definition) is 1. The minimum Gasteiger partial charge on any atom is -0.327 e. The Morgan fingerprint density at radius 2 is 1.95 bits per heavy atom. The van der Waals surface area contributed by atoms with Crippen molar-refractivity contribution in [2.45, 2.75) is 51.5 Å². The Kier molecular flexibility index (Phi) is 6.72. The summed E-state index contributed by atoms with van der Waals surface area (Å²) in [6.45, 7) is 4.59. The van der Waals surface area contributed by atoms with E-state index in [0.717, 1.165) is 25.4 Å². The van der Waals surface area contributed by atoms with Crippen molar-refractivity contribution >= 4 is 0 Å². The normalized spacial score (nSPS) is 26.2. The third kappa shape index (κ3) is 5.44. The minimum atomic E-state index is 0.414. The molecular formula is C19H32N2. The van der Waals surface area contributed by atoms with Gasteiger partial charge < -0.3 is 10.6 Å². The van der Waals surface area contributed by atoms with E-state index in [0.29, 0.717) is 12.0 Å².